The standard InChI is InChI=1S/C21H20N2O3S/c1-16-7-13-19(14-8-16)23-21(24)18-11-9-17(10-12-18)15-22-27(25,26)20-5-3-2-4-6-20/h2-14,22H,15H2,1H3,(H,23,24). The molecule has 138 valence electrons. The molecular weight excluding hydrogens is 360 g/mol. The second-order valence-electron chi connectivity index (χ2n) is 6.15. The highest BCUT2D eigenvalue weighted by molar-refractivity contribution is 7.89. The normalized spacial score (nSPS) is 11.1. The summed E-state index contributed by atoms with van der Waals surface area (Å²) in [4.78, 5) is 12.5. The van der Waals surface area contributed by atoms with Crippen LogP contribution in [0.2, 0.25) is 0 Å². The molecule has 0 aliphatic rings. The van der Waals surface area contributed by atoms with Crippen molar-refractivity contribution < 1.29 is 13.2 Å². The van der Waals surface area contributed by atoms with Crippen LogP contribution in [0.4, 0.5) is 5.69 Å². The van der Waals surface area contributed by atoms with E-state index in [-0.39, 0.29) is 17.3 Å². The summed E-state index contributed by atoms with van der Waals surface area (Å²) in [5.41, 5.74) is 3.12. The second-order valence-corrected chi connectivity index (χ2v) is 7.92. The number of rotatable bonds is 6. The minimum Gasteiger partial charge on any atom is -0.322 e. The van der Waals surface area contributed by atoms with Gasteiger partial charge in [-0.25, -0.2) is 13.1 Å². The summed E-state index contributed by atoms with van der Waals surface area (Å²) < 4.78 is 27.0. The van der Waals surface area contributed by atoms with Gasteiger partial charge in [0, 0.05) is 17.8 Å². The van der Waals surface area contributed by atoms with E-state index in [9.17, 15) is 13.2 Å². The Balaban J connectivity index is 1.61. The van der Waals surface area contributed by atoms with Gasteiger partial charge in [-0.2, -0.15) is 0 Å². The summed E-state index contributed by atoms with van der Waals surface area (Å²) >= 11 is 0. The van der Waals surface area contributed by atoms with E-state index < -0.39 is 10.0 Å². The molecule has 0 saturated carbocycles. The van der Waals surface area contributed by atoms with Gasteiger partial charge in [0.25, 0.3) is 5.91 Å². The van der Waals surface area contributed by atoms with Gasteiger partial charge < -0.3 is 5.32 Å². The lowest BCUT2D eigenvalue weighted by Crippen LogP contribution is -2.23. The molecule has 0 fully saturated rings. The van der Waals surface area contributed by atoms with Gasteiger partial charge >= 0.3 is 0 Å². The highest BCUT2D eigenvalue weighted by Gasteiger charge is 2.13. The molecule has 3 aromatic carbocycles. The fourth-order valence-electron chi connectivity index (χ4n) is 2.48. The first kappa shape index (κ1) is 18.8. The van der Waals surface area contributed by atoms with Crippen LogP contribution in [-0.2, 0) is 16.6 Å². The van der Waals surface area contributed by atoms with Gasteiger partial charge in [0.1, 0.15) is 0 Å². The zero-order chi connectivity index (χ0) is 19.3. The van der Waals surface area contributed by atoms with E-state index in [0.29, 0.717) is 5.56 Å². The number of carbonyl (C=O) groups is 1. The molecule has 1 amide bonds. The number of amides is 1. The molecule has 0 unspecified atom stereocenters. The number of benzene rings is 3. The summed E-state index contributed by atoms with van der Waals surface area (Å²) in [7, 11) is -3.56. The highest BCUT2D eigenvalue weighted by atomic mass is 32.2. The quantitative estimate of drug-likeness (QED) is 0.684. The molecule has 0 bridgehead atoms. The number of carbonyl (C=O) groups excluding carboxylic acids is 1. The fourth-order valence-corrected chi connectivity index (χ4v) is 3.51. The predicted octanol–water partition coefficient (Wildman–Crippen LogP) is 3.73. The Morgan fingerprint density at radius 3 is 2.11 bits per heavy atom. The first-order valence-electron chi connectivity index (χ1n) is 8.46. The van der Waals surface area contributed by atoms with Crippen molar-refractivity contribution in [2.45, 2.75) is 18.4 Å². The van der Waals surface area contributed by atoms with Crippen LogP contribution in [-0.4, -0.2) is 14.3 Å². The van der Waals surface area contributed by atoms with Gasteiger partial charge in [0.05, 0.1) is 4.90 Å². The molecule has 0 aliphatic heterocycles. The minimum atomic E-state index is -3.56. The Kier molecular flexibility index (Phi) is 5.69. The molecule has 0 aliphatic carbocycles. The van der Waals surface area contributed by atoms with Crippen LogP contribution in [0.5, 0.6) is 0 Å². The summed E-state index contributed by atoms with van der Waals surface area (Å²) in [5.74, 6) is -0.213. The van der Waals surface area contributed by atoms with E-state index in [0.717, 1.165) is 16.8 Å². The smallest absolute Gasteiger partial charge is 0.255 e. The lowest BCUT2D eigenvalue weighted by atomic mass is 10.1. The molecule has 0 heterocycles. The van der Waals surface area contributed by atoms with Crippen molar-refractivity contribution in [3.63, 3.8) is 0 Å². The van der Waals surface area contributed by atoms with Gasteiger partial charge in [-0.3, -0.25) is 4.79 Å². The Labute approximate surface area is 159 Å². The third kappa shape index (κ3) is 5.03. The van der Waals surface area contributed by atoms with Crippen molar-refractivity contribution in [2.24, 2.45) is 0 Å². The van der Waals surface area contributed by atoms with Crippen molar-refractivity contribution in [2.75, 3.05) is 5.32 Å². The van der Waals surface area contributed by atoms with Crippen molar-refractivity contribution >= 4 is 21.6 Å². The Bertz CT molecular complexity index is 1010. The maximum Gasteiger partial charge on any atom is 0.255 e. The first-order valence-corrected chi connectivity index (χ1v) is 9.94. The lowest BCUT2D eigenvalue weighted by Gasteiger charge is -2.08. The van der Waals surface area contributed by atoms with Crippen LogP contribution >= 0.6 is 0 Å². The van der Waals surface area contributed by atoms with E-state index in [1.54, 1.807) is 54.6 Å². The number of hydrogen-bond donors (Lipinski definition) is 2. The summed E-state index contributed by atoms with van der Waals surface area (Å²) in [6.07, 6.45) is 0. The molecule has 0 radical (unpaired) electrons. The number of anilines is 1. The van der Waals surface area contributed by atoms with E-state index >= 15 is 0 Å². The molecule has 0 saturated heterocycles. The summed E-state index contributed by atoms with van der Waals surface area (Å²) in [6.45, 7) is 2.13. The third-order valence-electron chi connectivity index (χ3n) is 4.05. The third-order valence-corrected chi connectivity index (χ3v) is 5.46. The molecule has 3 aromatic rings. The number of sulfonamides is 1. The minimum absolute atomic E-state index is 0.150. The topological polar surface area (TPSA) is 75.3 Å². The largest absolute Gasteiger partial charge is 0.322 e. The van der Waals surface area contributed by atoms with Crippen LogP contribution < -0.4 is 10.0 Å². The molecule has 3 rings (SSSR count). The fraction of sp³-hybridized carbons (Fsp3) is 0.0952. The molecular formula is C21H20N2O3S. The zero-order valence-electron chi connectivity index (χ0n) is 14.8. The van der Waals surface area contributed by atoms with Gasteiger partial charge in [-0.1, -0.05) is 48.0 Å². The van der Waals surface area contributed by atoms with Crippen LogP contribution in [0, 0.1) is 6.92 Å². The van der Waals surface area contributed by atoms with Crippen molar-refractivity contribution in [1.29, 1.82) is 0 Å². The Hall–Kier alpha value is -2.96. The van der Waals surface area contributed by atoms with Crippen LogP contribution in [0.3, 0.4) is 0 Å². The van der Waals surface area contributed by atoms with Gasteiger partial charge in [-0.05, 0) is 48.9 Å². The average molecular weight is 380 g/mol. The monoisotopic (exact) mass is 380 g/mol. The zero-order valence-corrected chi connectivity index (χ0v) is 15.7. The van der Waals surface area contributed by atoms with Gasteiger partial charge in [0.15, 0.2) is 0 Å². The number of hydrogen-bond acceptors (Lipinski definition) is 3. The van der Waals surface area contributed by atoms with Crippen LogP contribution in [0.25, 0.3) is 0 Å². The molecule has 0 spiro atoms. The molecule has 5 nitrogen and oxygen atoms in total. The summed E-state index contributed by atoms with van der Waals surface area (Å²) in [5, 5.41) is 2.83. The Morgan fingerprint density at radius 2 is 1.48 bits per heavy atom. The number of aryl methyl sites for hydroxylation is 1. The van der Waals surface area contributed by atoms with Gasteiger partial charge in [0.2, 0.25) is 10.0 Å². The second kappa shape index (κ2) is 8.16. The molecule has 6 heteroatoms. The Morgan fingerprint density at radius 1 is 0.852 bits per heavy atom. The van der Waals surface area contributed by atoms with Crippen LogP contribution in [0.1, 0.15) is 21.5 Å². The molecule has 0 aromatic heterocycles. The maximum atomic E-state index is 12.3. The molecule has 27 heavy (non-hydrogen) atoms. The molecule has 2 N–H and O–H groups in total. The summed E-state index contributed by atoms with van der Waals surface area (Å²) in [6, 6.07) is 22.6. The lowest BCUT2D eigenvalue weighted by molar-refractivity contribution is 0.102. The van der Waals surface area contributed by atoms with E-state index in [1.807, 2.05) is 31.2 Å². The highest BCUT2D eigenvalue weighted by Crippen LogP contribution is 2.13. The van der Waals surface area contributed by atoms with Gasteiger partial charge in [-0.15, -0.1) is 0 Å². The number of nitrogens with one attached hydrogen (secondary N) is 2. The van der Waals surface area contributed by atoms with E-state index in [2.05, 4.69) is 10.0 Å². The van der Waals surface area contributed by atoms with E-state index in [1.165, 1.54) is 0 Å². The molecule has 0 atom stereocenters. The van der Waals surface area contributed by atoms with E-state index in [4.69, 9.17) is 0 Å². The first-order chi connectivity index (χ1) is 12.9. The van der Waals surface area contributed by atoms with Crippen molar-refractivity contribution in [3.8, 4) is 0 Å². The van der Waals surface area contributed by atoms with Crippen molar-refractivity contribution in [1.82, 2.24) is 4.72 Å². The average Bonchev–Trinajstić information content (AvgIpc) is 2.69. The van der Waals surface area contributed by atoms with Crippen LogP contribution in [0.15, 0.2) is 83.8 Å². The maximum absolute atomic E-state index is 12.3. The SMILES string of the molecule is Cc1ccc(NC(=O)c2ccc(CNS(=O)(=O)c3ccccc3)cc2)cc1. The predicted molar refractivity (Wildman–Crippen MR) is 106 cm³/mol. The van der Waals surface area contributed by atoms with Crippen molar-refractivity contribution in [3.05, 3.63) is 95.6 Å².